The van der Waals surface area contributed by atoms with Gasteiger partial charge in [-0.15, -0.1) is 0 Å². The minimum atomic E-state index is -4.28. The number of rotatable bonds is 14. The second-order valence-corrected chi connectivity index (χ2v) is 11.6. The third-order valence-corrected chi connectivity index (χ3v) is 8.56. The zero-order valence-corrected chi connectivity index (χ0v) is 24.7. The summed E-state index contributed by atoms with van der Waals surface area (Å²) >= 11 is 0. The number of hydrogen-bond donors (Lipinski definition) is 1. The van der Waals surface area contributed by atoms with Crippen LogP contribution in [0.5, 0.6) is 5.75 Å². The van der Waals surface area contributed by atoms with Crippen LogP contribution in [0.3, 0.4) is 0 Å². The van der Waals surface area contributed by atoms with Gasteiger partial charge in [0.15, 0.2) is 0 Å². The molecule has 0 aliphatic heterocycles. The molecule has 3 aromatic rings. The predicted molar refractivity (Wildman–Crippen MR) is 158 cm³/mol. The van der Waals surface area contributed by atoms with Gasteiger partial charge in [0.2, 0.25) is 11.8 Å². The molecule has 0 saturated heterocycles. The molecule has 220 valence electrons. The van der Waals surface area contributed by atoms with Crippen molar-refractivity contribution in [3.8, 4) is 5.75 Å². The molecule has 2 amide bonds. The zero-order valence-electron chi connectivity index (χ0n) is 23.9. The summed E-state index contributed by atoms with van der Waals surface area (Å²) in [4.78, 5) is 28.2. The van der Waals surface area contributed by atoms with E-state index in [1.54, 1.807) is 31.2 Å². The van der Waals surface area contributed by atoms with Gasteiger partial charge in [-0.05, 0) is 87.7 Å². The fraction of sp³-hybridized carbons (Fsp3) is 0.355. The van der Waals surface area contributed by atoms with Crippen molar-refractivity contribution in [2.75, 3.05) is 24.0 Å². The number of halogens is 1. The van der Waals surface area contributed by atoms with Gasteiger partial charge in [0.25, 0.3) is 10.0 Å². The minimum absolute atomic E-state index is 0.0877. The molecule has 1 N–H and O–H groups in total. The Morgan fingerprint density at radius 3 is 2.15 bits per heavy atom. The molecule has 0 saturated carbocycles. The summed E-state index contributed by atoms with van der Waals surface area (Å²) in [7, 11) is -4.28. The Morgan fingerprint density at radius 1 is 0.927 bits per heavy atom. The normalized spacial score (nSPS) is 12.7. The number of benzene rings is 3. The molecule has 0 heterocycles. The van der Waals surface area contributed by atoms with E-state index in [2.05, 4.69) is 5.32 Å². The number of nitrogens with one attached hydrogen (secondary N) is 1. The number of carbonyl (C=O) groups excluding carboxylic acids is 2. The number of nitrogens with zero attached hydrogens (tertiary/aromatic N) is 2. The fourth-order valence-electron chi connectivity index (χ4n) is 4.17. The van der Waals surface area contributed by atoms with Crippen LogP contribution in [-0.4, -0.2) is 56.9 Å². The molecule has 0 spiro atoms. The van der Waals surface area contributed by atoms with Crippen LogP contribution in [0.25, 0.3) is 0 Å². The summed E-state index contributed by atoms with van der Waals surface area (Å²) in [6.07, 6.45) is 1.19. The standard InChI is InChI=1S/C31H38FN3O5S/c1-5-23(3)33-31(37)24(4)34(21-20-25-10-8-7-9-11-25)30(36)22-35(27-14-16-28(17-15-27)40-6-2)41(38,39)29-18-12-26(32)13-19-29/h7-19,23-24H,5-6,20-22H2,1-4H3,(H,33,37)/t23-,24-/m0/s1. The molecular formula is C31H38FN3O5S. The largest absolute Gasteiger partial charge is 0.494 e. The first-order valence-electron chi connectivity index (χ1n) is 13.7. The first-order chi connectivity index (χ1) is 19.6. The predicted octanol–water partition coefficient (Wildman–Crippen LogP) is 4.79. The van der Waals surface area contributed by atoms with E-state index in [0.29, 0.717) is 18.8 Å². The topological polar surface area (TPSA) is 96.0 Å². The van der Waals surface area contributed by atoms with E-state index < -0.39 is 34.3 Å². The summed E-state index contributed by atoms with van der Waals surface area (Å²) in [6, 6.07) is 19.4. The number of ether oxygens (including phenoxy) is 1. The second kappa shape index (κ2) is 14.6. The van der Waals surface area contributed by atoms with Crippen molar-refractivity contribution in [3.05, 3.63) is 90.2 Å². The van der Waals surface area contributed by atoms with Gasteiger partial charge in [-0.2, -0.15) is 0 Å². The lowest BCUT2D eigenvalue weighted by molar-refractivity contribution is -0.139. The average molecular weight is 584 g/mol. The minimum Gasteiger partial charge on any atom is -0.494 e. The molecule has 0 unspecified atom stereocenters. The SMILES string of the molecule is CCOc1ccc(N(CC(=O)N(CCc2ccccc2)[C@@H](C)C(=O)N[C@@H](C)CC)S(=O)(=O)c2ccc(F)cc2)cc1. The Hall–Kier alpha value is -3.92. The molecule has 3 rings (SSSR count). The van der Waals surface area contributed by atoms with E-state index in [1.807, 2.05) is 51.1 Å². The van der Waals surface area contributed by atoms with Crippen LogP contribution >= 0.6 is 0 Å². The maximum Gasteiger partial charge on any atom is 0.264 e. The summed E-state index contributed by atoms with van der Waals surface area (Å²) < 4.78 is 47.7. The van der Waals surface area contributed by atoms with Gasteiger partial charge in [0.05, 0.1) is 17.2 Å². The van der Waals surface area contributed by atoms with Gasteiger partial charge in [-0.3, -0.25) is 13.9 Å². The van der Waals surface area contributed by atoms with Crippen LogP contribution in [0.2, 0.25) is 0 Å². The molecule has 0 aromatic heterocycles. The maximum atomic E-state index is 13.9. The van der Waals surface area contributed by atoms with E-state index in [9.17, 15) is 22.4 Å². The van der Waals surface area contributed by atoms with Crippen LogP contribution < -0.4 is 14.4 Å². The highest BCUT2D eigenvalue weighted by Crippen LogP contribution is 2.26. The van der Waals surface area contributed by atoms with Gasteiger partial charge in [-0.1, -0.05) is 37.3 Å². The quantitative estimate of drug-likeness (QED) is 0.294. The highest BCUT2D eigenvalue weighted by molar-refractivity contribution is 7.92. The van der Waals surface area contributed by atoms with Crippen molar-refractivity contribution in [1.29, 1.82) is 0 Å². The third-order valence-electron chi connectivity index (χ3n) is 6.77. The van der Waals surface area contributed by atoms with Crippen molar-refractivity contribution in [1.82, 2.24) is 10.2 Å². The first-order valence-corrected chi connectivity index (χ1v) is 15.2. The molecule has 8 nitrogen and oxygen atoms in total. The van der Waals surface area contributed by atoms with E-state index >= 15 is 0 Å². The Balaban J connectivity index is 1.98. The Bertz CT molecular complexity index is 1380. The van der Waals surface area contributed by atoms with Crippen molar-refractivity contribution in [3.63, 3.8) is 0 Å². The van der Waals surface area contributed by atoms with Crippen LogP contribution in [0.1, 0.15) is 39.7 Å². The summed E-state index contributed by atoms with van der Waals surface area (Å²) in [5.41, 5.74) is 1.20. The van der Waals surface area contributed by atoms with Crippen LogP contribution in [0.4, 0.5) is 10.1 Å². The summed E-state index contributed by atoms with van der Waals surface area (Å²) in [5, 5.41) is 2.91. The Kier molecular flexibility index (Phi) is 11.3. The fourth-order valence-corrected chi connectivity index (χ4v) is 5.59. The summed E-state index contributed by atoms with van der Waals surface area (Å²) in [6.45, 7) is 7.36. The highest BCUT2D eigenvalue weighted by atomic mass is 32.2. The lowest BCUT2D eigenvalue weighted by Gasteiger charge is -2.32. The molecular weight excluding hydrogens is 545 g/mol. The van der Waals surface area contributed by atoms with Gasteiger partial charge in [0.1, 0.15) is 24.2 Å². The average Bonchev–Trinajstić information content (AvgIpc) is 2.97. The van der Waals surface area contributed by atoms with Crippen molar-refractivity contribution < 1.29 is 27.1 Å². The van der Waals surface area contributed by atoms with E-state index in [0.717, 1.165) is 40.6 Å². The van der Waals surface area contributed by atoms with E-state index in [1.165, 1.54) is 4.90 Å². The number of anilines is 1. The number of hydrogen-bond acceptors (Lipinski definition) is 5. The number of amides is 2. The van der Waals surface area contributed by atoms with Crippen LogP contribution in [-0.2, 0) is 26.0 Å². The Morgan fingerprint density at radius 2 is 1.56 bits per heavy atom. The van der Waals surface area contributed by atoms with Gasteiger partial charge < -0.3 is 15.0 Å². The molecule has 0 fully saturated rings. The molecule has 3 aromatic carbocycles. The number of carbonyl (C=O) groups is 2. The molecule has 10 heteroatoms. The monoisotopic (exact) mass is 583 g/mol. The van der Waals surface area contributed by atoms with Crippen LogP contribution in [0, 0.1) is 5.82 Å². The third kappa shape index (κ3) is 8.53. The molecule has 0 bridgehead atoms. The molecule has 0 radical (unpaired) electrons. The molecule has 0 aliphatic carbocycles. The lowest BCUT2D eigenvalue weighted by Crippen LogP contribution is -2.53. The van der Waals surface area contributed by atoms with Gasteiger partial charge in [0, 0.05) is 12.6 Å². The smallest absolute Gasteiger partial charge is 0.264 e. The van der Waals surface area contributed by atoms with E-state index in [4.69, 9.17) is 4.74 Å². The molecule has 0 aliphatic rings. The van der Waals surface area contributed by atoms with Crippen molar-refractivity contribution in [2.24, 2.45) is 0 Å². The Labute approximate surface area is 242 Å². The van der Waals surface area contributed by atoms with Crippen molar-refractivity contribution in [2.45, 2.75) is 57.5 Å². The summed E-state index contributed by atoms with van der Waals surface area (Å²) in [5.74, 6) is -0.913. The molecule has 41 heavy (non-hydrogen) atoms. The van der Waals surface area contributed by atoms with Crippen LogP contribution in [0.15, 0.2) is 83.8 Å². The highest BCUT2D eigenvalue weighted by Gasteiger charge is 2.32. The molecule has 2 atom stereocenters. The number of sulfonamides is 1. The second-order valence-electron chi connectivity index (χ2n) is 9.71. The van der Waals surface area contributed by atoms with E-state index in [-0.39, 0.29) is 29.1 Å². The van der Waals surface area contributed by atoms with Gasteiger partial charge >= 0.3 is 0 Å². The lowest BCUT2D eigenvalue weighted by atomic mass is 10.1. The van der Waals surface area contributed by atoms with Crippen molar-refractivity contribution >= 4 is 27.5 Å². The zero-order chi connectivity index (χ0) is 30.0. The maximum absolute atomic E-state index is 13.9. The first kappa shape index (κ1) is 31.6. The van der Waals surface area contributed by atoms with Gasteiger partial charge in [-0.25, -0.2) is 12.8 Å².